The zero-order valence-electron chi connectivity index (χ0n) is 9.48. The Kier molecular flexibility index (Phi) is 2.76. The first kappa shape index (κ1) is 10.6. The number of likely N-dealkylation sites (tertiary alicyclic amines) is 1. The lowest BCUT2D eigenvalue weighted by Crippen LogP contribution is -2.48. The second-order valence-electron chi connectivity index (χ2n) is 4.83. The van der Waals surface area contributed by atoms with Gasteiger partial charge in [-0.25, -0.2) is 0 Å². The molecule has 1 fully saturated rings. The Balaban J connectivity index is 2.08. The molecule has 3 heteroatoms. The number of aromatic nitrogens is 1. The van der Waals surface area contributed by atoms with Gasteiger partial charge < -0.3 is 5.73 Å². The Morgan fingerprint density at radius 3 is 2.67 bits per heavy atom. The summed E-state index contributed by atoms with van der Waals surface area (Å²) in [5, 5.41) is 0. The highest BCUT2D eigenvalue weighted by atomic mass is 15.2. The van der Waals surface area contributed by atoms with Crippen LogP contribution >= 0.6 is 0 Å². The summed E-state index contributed by atoms with van der Waals surface area (Å²) in [6, 6.07) is 4.43. The molecule has 1 unspecified atom stereocenters. The molecule has 0 radical (unpaired) electrons. The molecule has 2 rings (SSSR count). The van der Waals surface area contributed by atoms with Crippen LogP contribution < -0.4 is 5.73 Å². The van der Waals surface area contributed by atoms with Gasteiger partial charge in [0.2, 0.25) is 0 Å². The predicted octanol–water partition coefficient (Wildman–Crippen LogP) is 1.39. The summed E-state index contributed by atoms with van der Waals surface area (Å²) in [7, 11) is 0. The van der Waals surface area contributed by atoms with E-state index in [9.17, 15) is 0 Å². The molecule has 0 bridgehead atoms. The van der Waals surface area contributed by atoms with Gasteiger partial charge in [-0.2, -0.15) is 0 Å². The zero-order valence-corrected chi connectivity index (χ0v) is 9.48. The monoisotopic (exact) mass is 205 g/mol. The van der Waals surface area contributed by atoms with Crippen LogP contribution in [0.15, 0.2) is 24.5 Å². The number of pyridine rings is 1. The molecule has 1 saturated heterocycles. The maximum Gasteiger partial charge on any atom is 0.0308 e. The number of rotatable bonds is 2. The van der Waals surface area contributed by atoms with Gasteiger partial charge in [-0.1, -0.05) is 0 Å². The van der Waals surface area contributed by atoms with Crippen molar-refractivity contribution in [1.29, 1.82) is 0 Å². The molecule has 1 aliphatic heterocycles. The van der Waals surface area contributed by atoms with Gasteiger partial charge in [0.05, 0.1) is 0 Å². The zero-order chi connectivity index (χ0) is 10.9. The molecule has 2 heterocycles. The van der Waals surface area contributed by atoms with Crippen LogP contribution in [0.25, 0.3) is 0 Å². The van der Waals surface area contributed by atoms with Crippen molar-refractivity contribution in [2.75, 3.05) is 6.54 Å². The van der Waals surface area contributed by atoms with Gasteiger partial charge in [0, 0.05) is 37.1 Å². The van der Waals surface area contributed by atoms with Crippen molar-refractivity contribution in [3.8, 4) is 0 Å². The first-order valence-electron chi connectivity index (χ1n) is 5.50. The Bertz CT molecular complexity index is 321. The SMILES string of the molecule is CC1(C)C(N)CCN1Cc1ccncc1. The summed E-state index contributed by atoms with van der Waals surface area (Å²) in [6.45, 7) is 6.53. The molecule has 0 spiro atoms. The molecule has 0 aliphatic carbocycles. The summed E-state index contributed by atoms with van der Waals surface area (Å²) in [5.41, 5.74) is 7.53. The van der Waals surface area contributed by atoms with E-state index in [1.165, 1.54) is 5.56 Å². The summed E-state index contributed by atoms with van der Waals surface area (Å²) in [6.07, 6.45) is 4.79. The molecule has 1 atom stereocenters. The number of hydrogen-bond donors (Lipinski definition) is 1. The topological polar surface area (TPSA) is 42.1 Å². The minimum absolute atomic E-state index is 0.114. The van der Waals surface area contributed by atoms with Crippen LogP contribution in [0.3, 0.4) is 0 Å². The third kappa shape index (κ3) is 2.03. The van der Waals surface area contributed by atoms with E-state index in [0.717, 1.165) is 19.5 Å². The maximum absolute atomic E-state index is 6.10. The van der Waals surface area contributed by atoms with Gasteiger partial charge in [0.1, 0.15) is 0 Å². The number of nitrogens with zero attached hydrogens (tertiary/aromatic N) is 2. The molecule has 1 aromatic heterocycles. The fourth-order valence-electron chi connectivity index (χ4n) is 2.16. The highest BCUT2D eigenvalue weighted by Crippen LogP contribution is 2.28. The Hall–Kier alpha value is -0.930. The minimum atomic E-state index is 0.114. The highest BCUT2D eigenvalue weighted by Gasteiger charge is 2.38. The maximum atomic E-state index is 6.10. The van der Waals surface area contributed by atoms with Crippen molar-refractivity contribution in [3.63, 3.8) is 0 Å². The third-order valence-corrected chi connectivity index (χ3v) is 3.56. The lowest BCUT2D eigenvalue weighted by Gasteiger charge is -2.34. The fraction of sp³-hybridized carbons (Fsp3) is 0.583. The first-order chi connectivity index (χ1) is 7.10. The fourth-order valence-corrected chi connectivity index (χ4v) is 2.16. The van der Waals surface area contributed by atoms with Crippen molar-refractivity contribution < 1.29 is 0 Å². The summed E-state index contributed by atoms with van der Waals surface area (Å²) < 4.78 is 0. The van der Waals surface area contributed by atoms with E-state index in [-0.39, 0.29) is 5.54 Å². The van der Waals surface area contributed by atoms with Crippen LogP contribution in [0.5, 0.6) is 0 Å². The Morgan fingerprint density at radius 2 is 2.13 bits per heavy atom. The summed E-state index contributed by atoms with van der Waals surface area (Å²) in [5.74, 6) is 0. The van der Waals surface area contributed by atoms with Gasteiger partial charge in [0.15, 0.2) is 0 Å². The second kappa shape index (κ2) is 3.91. The quantitative estimate of drug-likeness (QED) is 0.793. The molecule has 1 aliphatic rings. The lowest BCUT2D eigenvalue weighted by atomic mass is 9.96. The average molecular weight is 205 g/mol. The first-order valence-corrected chi connectivity index (χ1v) is 5.50. The van der Waals surface area contributed by atoms with Crippen LogP contribution in [0.4, 0.5) is 0 Å². The van der Waals surface area contributed by atoms with E-state index in [1.807, 2.05) is 12.4 Å². The van der Waals surface area contributed by atoms with Gasteiger partial charge in [0.25, 0.3) is 0 Å². The van der Waals surface area contributed by atoms with Gasteiger partial charge in [-0.3, -0.25) is 9.88 Å². The lowest BCUT2D eigenvalue weighted by molar-refractivity contribution is 0.154. The van der Waals surface area contributed by atoms with Crippen molar-refractivity contribution in [2.45, 2.75) is 38.4 Å². The van der Waals surface area contributed by atoms with Crippen molar-refractivity contribution in [2.24, 2.45) is 5.73 Å². The second-order valence-corrected chi connectivity index (χ2v) is 4.83. The van der Waals surface area contributed by atoms with Crippen LogP contribution in [-0.2, 0) is 6.54 Å². The van der Waals surface area contributed by atoms with E-state index in [0.29, 0.717) is 6.04 Å². The Morgan fingerprint density at radius 1 is 1.47 bits per heavy atom. The normalized spacial score (nSPS) is 25.7. The molecule has 0 aromatic carbocycles. The van der Waals surface area contributed by atoms with Crippen LogP contribution in [0, 0.1) is 0 Å². The van der Waals surface area contributed by atoms with Crippen LogP contribution in [0.2, 0.25) is 0 Å². The molecule has 82 valence electrons. The largest absolute Gasteiger partial charge is 0.326 e. The molecule has 2 N–H and O–H groups in total. The van der Waals surface area contributed by atoms with Gasteiger partial charge in [-0.15, -0.1) is 0 Å². The molecule has 0 amide bonds. The Labute approximate surface area is 91.3 Å². The van der Waals surface area contributed by atoms with Crippen molar-refractivity contribution in [1.82, 2.24) is 9.88 Å². The summed E-state index contributed by atoms with van der Waals surface area (Å²) in [4.78, 5) is 6.48. The number of nitrogens with two attached hydrogens (primary N) is 1. The van der Waals surface area contributed by atoms with E-state index in [2.05, 4.69) is 35.9 Å². The molecular formula is C12H19N3. The molecule has 15 heavy (non-hydrogen) atoms. The number of hydrogen-bond acceptors (Lipinski definition) is 3. The molecule has 0 saturated carbocycles. The predicted molar refractivity (Wildman–Crippen MR) is 61.3 cm³/mol. The van der Waals surface area contributed by atoms with E-state index in [1.54, 1.807) is 0 Å². The highest BCUT2D eigenvalue weighted by molar-refractivity contribution is 5.11. The minimum Gasteiger partial charge on any atom is -0.326 e. The summed E-state index contributed by atoms with van der Waals surface area (Å²) >= 11 is 0. The van der Waals surface area contributed by atoms with Crippen LogP contribution in [-0.4, -0.2) is 28.0 Å². The van der Waals surface area contributed by atoms with Gasteiger partial charge in [-0.05, 0) is 38.0 Å². The molecule has 3 nitrogen and oxygen atoms in total. The average Bonchev–Trinajstić information content (AvgIpc) is 2.47. The van der Waals surface area contributed by atoms with E-state index in [4.69, 9.17) is 5.73 Å². The van der Waals surface area contributed by atoms with Crippen molar-refractivity contribution >= 4 is 0 Å². The van der Waals surface area contributed by atoms with E-state index < -0.39 is 0 Å². The van der Waals surface area contributed by atoms with Crippen LogP contribution in [0.1, 0.15) is 25.8 Å². The smallest absolute Gasteiger partial charge is 0.0308 e. The molecule has 1 aromatic rings. The standard InChI is InChI=1S/C12H19N3/c1-12(2)11(13)5-8-15(12)9-10-3-6-14-7-4-10/h3-4,6-7,11H,5,8-9,13H2,1-2H3. The van der Waals surface area contributed by atoms with Crippen molar-refractivity contribution in [3.05, 3.63) is 30.1 Å². The molecular weight excluding hydrogens is 186 g/mol. The van der Waals surface area contributed by atoms with Gasteiger partial charge >= 0.3 is 0 Å². The third-order valence-electron chi connectivity index (χ3n) is 3.56. The van der Waals surface area contributed by atoms with E-state index >= 15 is 0 Å².